The van der Waals surface area contributed by atoms with E-state index in [9.17, 15) is 15.2 Å². The van der Waals surface area contributed by atoms with Crippen molar-refractivity contribution in [2.75, 3.05) is 13.1 Å². The van der Waals surface area contributed by atoms with E-state index in [4.69, 9.17) is 11.6 Å². The summed E-state index contributed by atoms with van der Waals surface area (Å²) in [6, 6.07) is 9.65. The molecule has 1 aromatic carbocycles. The SMILES string of the molecule is O=C(Cc1ccc[n+](O)c1)N1CCC([C@@H]2c3c(Br)cc(Cl)cc3CCc3cc(Br)c[n+](O)c32)CC1. The lowest BCUT2D eigenvalue weighted by molar-refractivity contribution is -0.911. The molecule has 0 saturated carbocycles. The summed E-state index contributed by atoms with van der Waals surface area (Å²) in [5.74, 6) is 0.292. The molecule has 1 aliphatic heterocycles. The number of piperidine rings is 1. The first-order chi connectivity index (χ1) is 16.8. The van der Waals surface area contributed by atoms with Crippen LogP contribution >= 0.6 is 43.5 Å². The van der Waals surface area contributed by atoms with Gasteiger partial charge in [-0.05, 0) is 82.9 Å². The number of pyridine rings is 2. The van der Waals surface area contributed by atoms with E-state index in [0.717, 1.165) is 56.2 Å². The highest BCUT2D eigenvalue weighted by Crippen LogP contribution is 2.45. The molecule has 1 aliphatic carbocycles. The number of amides is 1. The molecule has 1 fully saturated rings. The van der Waals surface area contributed by atoms with Gasteiger partial charge >= 0.3 is 0 Å². The fourth-order valence-electron chi connectivity index (χ4n) is 5.60. The number of carbonyl (C=O) groups is 1. The smallest absolute Gasteiger partial charge is 0.245 e. The Balaban J connectivity index is 1.43. The van der Waals surface area contributed by atoms with Gasteiger partial charge in [0.2, 0.25) is 30.2 Å². The van der Waals surface area contributed by atoms with Crippen LogP contribution in [-0.4, -0.2) is 34.3 Å². The van der Waals surface area contributed by atoms with Gasteiger partial charge in [-0.1, -0.05) is 27.5 Å². The van der Waals surface area contributed by atoms with Crippen molar-refractivity contribution in [3.8, 4) is 0 Å². The first kappa shape index (κ1) is 24.5. The summed E-state index contributed by atoms with van der Waals surface area (Å²) in [6.07, 6.45) is 8.36. The van der Waals surface area contributed by atoms with Gasteiger partial charge in [0, 0.05) is 49.2 Å². The number of carbonyl (C=O) groups excluding carboxylic acids is 1. The molecular formula is C26H26Br2ClN3O3+2. The summed E-state index contributed by atoms with van der Waals surface area (Å²) < 4.78 is 4.05. The Kier molecular flexibility index (Phi) is 7.06. The number of aryl methyl sites for hydroxylation is 2. The highest BCUT2D eigenvalue weighted by molar-refractivity contribution is 9.10. The van der Waals surface area contributed by atoms with Crippen molar-refractivity contribution in [1.82, 2.24) is 4.90 Å². The van der Waals surface area contributed by atoms with Gasteiger partial charge in [0.1, 0.15) is 0 Å². The molecule has 0 unspecified atom stereocenters. The van der Waals surface area contributed by atoms with Crippen molar-refractivity contribution < 1.29 is 24.7 Å². The van der Waals surface area contributed by atoms with Crippen LogP contribution in [0, 0.1) is 5.92 Å². The standard InChI is InChI=1S/C26H26Br2ClN3O3/c27-20-11-19-4-3-18-12-21(29)13-22(28)24(18)25(26(19)32(35)15-20)17-5-8-30(9-6-17)23(33)10-16-2-1-7-31(34)14-16/h1-2,7,11-15,17,25,34-35H,3-6,8-10H2/q+2/t25-/m1/s1. The van der Waals surface area contributed by atoms with E-state index in [2.05, 4.69) is 37.9 Å². The quantitative estimate of drug-likeness (QED) is 0.331. The second-order valence-electron chi connectivity index (χ2n) is 9.34. The molecule has 9 heteroatoms. The summed E-state index contributed by atoms with van der Waals surface area (Å²) in [5.41, 5.74) is 5.19. The minimum atomic E-state index is -0.0213. The maximum atomic E-state index is 13.0. The van der Waals surface area contributed by atoms with Gasteiger partial charge in [0.25, 0.3) is 0 Å². The number of benzene rings is 1. The van der Waals surface area contributed by atoms with E-state index in [1.54, 1.807) is 18.5 Å². The molecule has 3 heterocycles. The van der Waals surface area contributed by atoms with Crippen LogP contribution in [0.15, 0.2) is 57.9 Å². The van der Waals surface area contributed by atoms with Crippen molar-refractivity contribution in [1.29, 1.82) is 0 Å². The molecule has 0 spiro atoms. The number of halogens is 3. The zero-order chi connectivity index (χ0) is 24.7. The van der Waals surface area contributed by atoms with Crippen molar-refractivity contribution >= 4 is 49.4 Å². The lowest BCUT2D eigenvalue weighted by Gasteiger charge is -2.36. The number of fused-ring (bicyclic) bond motifs is 2. The number of rotatable bonds is 3. The van der Waals surface area contributed by atoms with E-state index in [-0.39, 0.29) is 24.2 Å². The Bertz CT molecular complexity index is 1240. The van der Waals surface area contributed by atoms with Gasteiger partial charge < -0.3 is 4.90 Å². The van der Waals surface area contributed by atoms with Gasteiger partial charge in [0.05, 0.1) is 16.8 Å². The molecule has 35 heavy (non-hydrogen) atoms. The monoisotopic (exact) mass is 621 g/mol. The van der Waals surface area contributed by atoms with Crippen LogP contribution in [0.2, 0.25) is 5.02 Å². The summed E-state index contributed by atoms with van der Waals surface area (Å²) in [7, 11) is 0. The minimum Gasteiger partial charge on any atom is -0.342 e. The zero-order valence-electron chi connectivity index (χ0n) is 19.0. The van der Waals surface area contributed by atoms with Gasteiger partial charge in [-0.15, -0.1) is 0 Å². The summed E-state index contributed by atoms with van der Waals surface area (Å²) in [6.45, 7) is 1.31. The highest BCUT2D eigenvalue weighted by Gasteiger charge is 2.41. The number of hydrogen-bond donors (Lipinski definition) is 2. The van der Waals surface area contributed by atoms with Crippen LogP contribution in [0.25, 0.3) is 0 Å². The fourth-order valence-corrected chi connectivity index (χ4v) is 7.19. The first-order valence-corrected chi connectivity index (χ1v) is 13.6. The van der Waals surface area contributed by atoms with Gasteiger partial charge in [-0.2, -0.15) is 0 Å². The van der Waals surface area contributed by atoms with Gasteiger partial charge in [-0.3, -0.25) is 15.2 Å². The predicted octanol–water partition coefficient (Wildman–Crippen LogP) is 4.63. The third-order valence-electron chi connectivity index (χ3n) is 7.15. The van der Waals surface area contributed by atoms with Crippen LogP contribution in [0.3, 0.4) is 0 Å². The number of hydrogen-bond acceptors (Lipinski definition) is 3. The minimum absolute atomic E-state index is 0.0213. The molecule has 3 aromatic rings. The summed E-state index contributed by atoms with van der Waals surface area (Å²) >= 11 is 13.7. The third-order valence-corrected chi connectivity index (χ3v) is 8.46. The van der Waals surface area contributed by atoms with Crippen LogP contribution in [0.4, 0.5) is 0 Å². The molecule has 2 aromatic heterocycles. The largest absolute Gasteiger partial charge is 0.342 e. The van der Waals surface area contributed by atoms with E-state index in [0.29, 0.717) is 18.1 Å². The Morgan fingerprint density at radius 2 is 1.83 bits per heavy atom. The van der Waals surface area contributed by atoms with Crippen molar-refractivity contribution in [3.05, 3.63) is 90.8 Å². The van der Waals surface area contributed by atoms with Crippen LogP contribution < -0.4 is 9.46 Å². The molecule has 5 rings (SSSR count). The summed E-state index contributed by atoms with van der Waals surface area (Å²) in [5, 5.41) is 21.3. The van der Waals surface area contributed by atoms with Crippen LogP contribution in [0.1, 0.15) is 46.7 Å². The average Bonchev–Trinajstić information content (AvgIpc) is 2.96. The fraction of sp³-hybridized carbons (Fsp3) is 0.346. The van der Waals surface area contributed by atoms with Crippen molar-refractivity contribution in [2.24, 2.45) is 5.92 Å². The van der Waals surface area contributed by atoms with Gasteiger partial charge in [0.15, 0.2) is 0 Å². The predicted molar refractivity (Wildman–Crippen MR) is 137 cm³/mol. The average molecular weight is 624 g/mol. The molecule has 1 atom stereocenters. The number of likely N-dealkylation sites (tertiary alicyclic amines) is 1. The maximum Gasteiger partial charge on any atom is 0.245 e. The van der Waals surface area contributed by atoms with Crippen LogP contribution in [-0.2, 0) is 24.1 Å². The summed E-state index contributed by atoms with van der Waals surface area (Å²) in [4.78, 5) is 14.9. The second kappa shape index (κ2) is 10.1. The zero-order valence-corrected chi connectivity index (χ0v) is 22.9. The number of nitrogens with zero attached hydrogens (tertiary/aromatic N) is 3. The molecular weight excluding hydrogens is 598 g/mol. The molecule has 0 radical (unpaired) electrons. The van der Waals surface area contributed by atoms with E-state index < -0.39 is 0 Å². The van der Waals surface area contributed by atoms with E-state index in [1.165, 1.54) is 22.1 Å². The molecule has 1 saturated heterocycles. The Hall–Kier alpha value is -2.16. The second-order valence-corrected chi connectivity index (χ2v) is 11.5. The van der Waals surface area contributed by atoms with Crippen molar-refractivity contribution in [2.45, 2.75) is 38.0 Å². The Morgan fingerprint density at radius 1 is 1.09 bits per heavy atom. The first-order valence-electron chi connectivity index (χ1n) is 11.7. The number of aromatic nitrogens is 2. The molecule has 0 bridgehead atoms. The van der Waals surface area contributed by atoms with Crippen molar-refractivity contribution in [3.63, 3.8) is 0 Å². The Morgan fingerprint density at radius 3 is 2.57 bits per heavy atom. The molecule has 1 amide bonds. The molecule has 6 nitrogen and oxygen atoms in total. The molecule has 2 N–H and O–H groups in total. The van der Waals surface area contributed by atoms with Gasteiger partial charge in [-0.25, -0.2) is 0 Å². The topological polar surface area (TPSA) is 68.5 Å². The maximum absolute atomic E-state index is 13.0. The van der Waals surface area contributed by atoms with E-state index in [1.807, 2.05) is 23.1 Å². The molecule has 2 aliphatic rings. The lowest BCUT2D eigenvalue weighted by atomic mass is 9.76. The molecule has 182 valence electrons. The lowest BCUT2D eigenvalue weighted by Crippen LogP contribution is -2.44. The third kappa shape index (κ3) is 5.06. The Labute approximate surface area is 225 Å². The van der Waals surface area contributed by atoms with Crippen LogP contribution in [0.5, 0.6) is 0 Å². The normalized spacial score (nSPS) is 18.0. The highest BCUT2D eigenvalue weighted by atomic mass is 79.9. The van der Waals surface area contributed by atoms with E-state index >= 15 is 0 Å².